The van der Waals surface area contributed by atoms with Crippen molar-refractivity contribution in [1.82, 2.24) is 19.8 Å². The van der Waals surface area contributed by atoms with E-state index in [1.807, 2.05) is 18.2 Å². The first-order chi connectivity index (χ1) is 16.0. The number of benzene rings is 2. The molecule has 0 amide bonds. The van der Waals surface area contributed by atoms with Crippen molar-refractivity contribution in [3.8, 4) is 6.07 Å². The second kappa shape index (κ2) is 10.4. The van der Waals surface area contributed by atoms with Crippen molar-refractivity contribution in [3.63, 3.8) is 0 Å². The molecule has 1 aliphatic rings. The van der Waals surface area contributed by atoms with Crippen LogP contribution in [0.2, 0.25) is 0 Å². The molecule has 3 aromatic rings. The highest BCUT2D eigenvalue weighted by atomic mass is 15.2. The number of hydrogen-bond acceptors (Lipinski definition) is 7. The molecule has 7 heteroatoms. The van der Waals surface area contributed by atoms with Gasteiger partial charge in [0.2, 0.25) is 5.95 Å². The van der Waals surface area contributed by atoms with Crippen LogP contribution in [0.15, 0.2) is 48.7 Å². The predicted molar refractivity (Wildman–Crippen MR) is 133 cm³/mol. The minimum Gasteiger partial charge on any atom is -0.340 e. The fraction of sp³-hybridized carbons (Fsp3) is 0.346. The van der Waals surface area contributed by atoms with Gasteiger partial charge in [0.05, 0.1) is 11.6 Å². The number of nitrogens with one attached hydrogen (secondary N) is 2. The molecule has 0 saturated carbocycles. The molecule has 1 fully saturated rings. The summed E-state index contributed by atoms with van der Waals surface area (Å²) in [5, 5.41) is 15.6. The first-order valence-corrected chi connectivity index (χ1v) is 11.4. The standard InChI is InChI=1S/C26H31N7/c1-19-15-22(18-33-12-4-11-32(3)13-14-33)16-20(2)25(19)30-24-9-10-28-26(31-24)29-23-7-5-21(17-27)6-8-23/h5-10,15-16H,4,11-14,18H2,1-3H3,(H2,28,29,30,31). The number of aryl methyl sites for hydroxylation is 2. The number of anilines is 4. The third-order valence-corrected chi connectivity index (χ3v) is 5.99. The van der Waals surface area contributed by atoms with Gasteiger partial charge < -0.3 is 15.5 Å². The zero-order chi connectivity index (χ0) is 23.2. The van der Waals surface area contributed by atoms with Crippen LogP contribution < -0.4 is 10.6 Å². The summed E-state index contributed by atoms with van der Waals surface area (Å²) in [6.45, 7) is 9.85. The lowest BCUT2D eigenvalue weighted by Gasteiger charge is -2.22. The molecule has 0 spiro atoms. The Morgan fingerprint density at radius 2 is 1.73 bits per heavy atom. The lowest BCUT2D eigenvalue weighted by molar-refractivity contribution is 0.269. The van der Waals surface area contributed by atoms with Gasteiger partial charge in [0.1, 0.15) is 5.82 Å². The van der Waals surface area contributed by atoms with Crippen molar-refractivity contribution in [2.45, 2.75) is 26.8 Å². The molecule has 2 aromatic carbocycles. The van der Waals surface area contributed by atoms with Gasteiger partial charge in [0.15, 0.2) is 0 Å². The maximum atomic E-state index is 8.95. The molecule has 0 unspecified atom stereocenters. The topological polar surface area (TPSA) is 80.1 Å². The third-order valence-electron chi connectivity index (χ3n) is 5.99. The first-order valence-electron chi connectivity index (χ1n) is 11.4. The molecular weight excluding hydrogens is 410 g/mol. The Morgan fingerprint density at radius 3 is 2.45 bits per heavy atom. The van der Waals surface area contributed by atoms with Gasteiger partial charge in [-0.15, -0.1) is 0 Å². The van der Waals surface area contributed by atoms with Crippen LogP contribution >= 0.6 is 0 Å². The van der Waals surface area contributed by atoms with Gasteiger partial charge >= 0.3 is 0 Å². The van der Waals surface area contributed by atoms with Gasteiger partial charge in [0.25, 0.3) is 0 Å². The Bertz CT molecular complexity index is 1110. The molecule has 0 atom stereocenters. The largest absolute Gasteiger partial charge is 0.340 e. The van der Waals surface area contributed by atoms with Gasteiger partial charge in [-0.1, -0.05) is 12.1 Å². The number of hydrogen-bond donors (Lipinski definition) is 2. The average molecular weight is 442 g/mol. The Labute approximate surface area is 196 Å². The fourth-order valence-electron chi connectivity index (χ4n) is 4.23. The number of nitrogens with zero attached hydrogens (tertiary/aromatic N) is 5. The maximum Gasteiger partial charge on any atom is 0.229 e. The van der Waals surface area contributed by atoms with E-state index in [0.29, 0.717) is 11.5 Å². The van der Waals surface area contributed by atoms with Gasteiger partial charge in [-0.25, -0.2) is 4.98 Å². The number of rotatable bonds is 6. The summed E-state index contributed by atoms with van der Waals surface area (Å²) in [5.74, 6) is 1.23. The van der Waals surface area contributed by atoms with E-state index in [-0.39, 0.29) is 0 Å². The van der Waals surface area contributed by atoms with E-state index < -0.39 is 0 Å². The van der Waals surface area contributed by atoms with Gasteiger partial charge in [0, 0.05) is 37.2 Å². The smallest absolute Gasteiger partial charge is 0.229 e. The van der Waals surface area contributed by atoms with Crippen LogP contribution in [0.4, 0.5) is 23.1 Å². The molecule has 33 heavy (non-hydrogen) atoms. The summed E-state index contributed by atoms with van der Waals surface area (Å²) in [6.07, 6.45) is 2.96. The molecule has 2 heterocycles. The van der Waals surface area contributed by atoms with Crippen LogP contribution in [0.25, 0.3) is 0 Å². The fourth-order valence-corrected chi connectivity index (χ4v) is 4.23. The first kappa shape index (κ1) is 22.7. The van der Waals surface area contributed by atoms with E-state index in [4.69, 9.17) is 5.26 Å². The molecule has 2 N–H and O–H groups in total. The van der Waals surface area contributed by atoms with Crippen molar-refractivity contribution in [2.75, 3.05) is 43.9 Å². The van der Waals surface area contributed by atoms with Crippen molar-refractivity contribution in [1.29, 1.82) is 5.26 Å². The average Bonchev–Trinajstić information content (AvgIpc) is 3.01. The summed E-state index contributed by atoms with van der Waals surface area (Å²) < 4.78 is 0. The third kappa shape index (κ3) is 6.07. The molecule has 1 aromatic heterocycles. The Morgan fingerprint density at radius 1 is 0.970 bits per heavy atom. The Balaban J connectivity index is 1.45. The minimum absolute atomic E-state index is 0.503. The normalized spacial score (nSPS) is 15.0. The number of nitriles is 1. The summed E-state index contributed by atoms with van der Waals surface area (Å²) in [5.41, 5.74) is 6.30. The Hall–Kier alpha value is -3.47. The SMILES string of the molecule is Cc1cc(CN2CCCN(C)CC2)cc(C)c1Nc1ccnc(Nc2ccc(C#N)cc2)n1. The van der Waals surface area contributed by atoms with Crippen LogP contribution in [0.5, 0.6) is 0 Å². The summed E-state index contributed by atoms with van der Waals surface area (Å²) in [4.78, 5) is 13.9. The Kier molecular flexibility index (Phi) is 7.18. The summed E-state index contributed by atoms with van der Waals surface area (Å²) >= 11 is 0. The highest BCUT2D eigenvalue weighted by Crippen LogP contribution is 2.27. The lowest BCUT2D eigenvalue weighted by Crippen LogP contribution is -2.28. The molecule has 0 radical (unpaired) electrons. The molecule has 4 rings (SSSR count). The van der Waals surface area contributed by atoms with E-state index in [9.17, 15) is 0 Å². The van der Waals surface area contributed by atoms with Crippen molar-refractivity contribution >= 4 is 23.1 Å². The highest BCUT2D eigenvalue weighted by Gasteiger charge is 2.14. The highest BCUT2D eigenvalue weighted by molar-refractivity contribution is 5.66. The zero-order valence-corrected chi connectivity index (χ0v) is 19.6. The van der Waals surface area contributed by atoms with E-state index in [1.54, 1.807) is 18.3 Å². The summed E-state index contributed by atoms with van der Waals surface area (Å²) in [7, 11) is 2.21. The number of aromatic nitrogens is 2. The molecule has 0 bridgehead atoms. The predicted octanol–water partition coefficient (Wildman–Crippen LogP) is 4.59. The van der Waals surface area contributed by atoms with E-state index in [1.165, 1.54) is 29.7 Å². The van der Waals surface area contributed by atoms with Crippen LogP contribution in [-0.4, -0.2) is 53.0 Å². The van der Waals surface area contributed by atoms with Gasteiger partial charge in [-0.2, -0.15) is 10.2 Å². The van der Waals surface area contributed by atoms with Gasteiger partial charge in [-0.3, -0.25) is 4.90 Å². The molecular formula is C26H31N7. The molecule has 0 aliphatic carbocycles. The molecule has 1 aliphatic heterocycles. The molecule has 170 valence electrons. The van der Waals surface area contributed by atoms with Crippen molar-refractivity contribution < 1.29 is 0 Å². The van der Waals surface area contributed by atoms with Crippen LogP contribution in [0.3, 0.4) is 0 Å². The lowest BCUT2D eigenvalue weighted by atomic mass is 10.0. The quantitative estimate of drug-likeness (QED) is 0.579. The van der Waals surface area contributed by atoms with Crippen LogP contribution in [-0.2, 0) is 6.54 Å². The van der Waals surface area contributed by atoms with Crippen LogP contribution in [0, 0.1) is 25.2 Å². The minimum atomic E-state index is 0.503. The monoisotopic (exact) mass is 441 g/mol. The second-order valence-electron chi connectivity index (χ2n) is 8.74. The zero-order valence-electron chi connectivity index (χ0n) is 19.6. The van der Waals surface area contributed by atoms with E-state index in [2.05, 4.69) is 69.5 Å². The van der Waals surface area contributed by atoms with Crippen molar-refractivity contribution in [2.24, 2.45) is 0 Å². The maximum absolute atomic E-state index is 8.95. The molecule has 1 saturated heterocycles. The number of likely N-dealkylation sites (N-methyl/N-ethyl adjacent to an activating group) is 1. The van der Waals surface area contributed by atoms with Crippen molar-refractivity contribution in [3.05, 3.63) is 70.9 Å². The van der Waals surface area contributed by atoms with Gasteiger partial charge in [-0.05, 0) is 87.4 Å². The van der Waals surface area contributed by atoms with E-state index >= 15 is 0 Å². The second-order valence-corrected chi connectivity index (χ2v) is 8.74. The van der Waals surface area contributed by atoms with E-state index in [0.717, 1.165) is 43.4 Å². The van der Waals surface area contributed by atoms with Crippen LogP contribution in [0.1, 0.15) is 28.7 Å². The summed E-state index contributed by atoms with van der Waals surface area (Å²) in [6, 6.07) is 15.8. The molecule has 7 nitrogen and oxygen atoms in total.